The minimum atomic E-state index is -0.948. The summed E-state index contributed by atoms with van der Waals surface area (Å²) in [6, 6.07) is 6.04. The maximum Gasteiger partial charge on any atom is 0.325 e. The second-order valence-electron chi connectivity index (χ2n) is 5.92. The number of amides is 2. The molecule has 1 aromatic rings. The Morgan fingerprint density at radius 1 is 1.38 bits per heavy atom. The molecule has 2 amide bonds. The van der Waals surface area contributed by atoms with E-state index in [1.165, 1.54) is 16.0 Å². The lowest BCUT2D eigenvalue weighted by Gasteiger charge is -2.34. The van der Waals surface area contributed by atoms with Crippen molar-refractivity contribution in [2.24, 2.45) is 0 Å². The molecule has 1 aliphatic heterocycles. The fourth-order valence-electron chi connectivity index (χ4n) is 2.96. The van der Waals surface area contributed by atoms with Crippen molar-refractivity contribution in [1.29, 1.82) is 0 Å². The average Bonchev–Trinajstić information content (AvgIpc) is 3.27. The van der Waals surface area contributed by atoms with Gasteiger partial charge < -0.3 is 10.0 Å². The third-order valence-electron chi connectivity index (χ3n) is 4.12. The molecule has 1 aromatic carbocycles. The SMILES string of the molecule is Cc1ccc2c(c1)CCCN2C(=O)N(CC(=O)O)C1CC1. The van der Waals surface area contributed by atoms with Gasteiger partial charge in [-0.2, -0.15) is 0 Å². The lowest BCUT2D eigenvalue weighted by molar-refractivity contribution is -0.137. The van der Waals surface area contributed by atoms with Crippen LogP contribution in [0.15, 0.2) is 18.2 Å². The number of rotatable bonds is 3. The van der Waals surface area contributed by atoms with Crippen molar-refractivity contribution in [3.05, 3.63) is 29.3 Å². The zero-order chi connectivity index (χ0) is 15.0. The van der Waals surface area contributed by atoms with Gasteiger partial charge in [-0.3, -0.25) is 9.69 Å². The second-order valence-corrected chi connectivity index (χ2v) is 5.92. The quantitative estimate of drug-likeness (QED) is 0.929. The van der Waals surface area contributed by atoms with Gasteiger partial charge in [-0.1, -0.05) is 17.7 Å². The normalized spacial score (nSPS) is 17.3. The largest absolute Gasteiger partial charge is 0.480 e. The highest BCUT2D eigenvalue weighted by Gasteiger charge is 2.37. The van der Waals surface area contributed by atoms with Crippen LogP contribution in [0.5, 0.6) is 0 Å². The van der Waals surface area contributed by atoms with Crippen LogP contribution in [-0.4, -0.2) is 41.1 Å². The van der Waals surface area contributed by atoms with Crippen LogP contribution >= 0.6 is 0 Å². The van der Waals surface area contributed by atoms with Crippen LogP contribution in [0, 0.1) is 6.92 Å². The van der Waals surface area contributed by atoms with Crippen molar-refractivity contribution in [3.63, 3.8) is 0 Å². The Labute approximate surface area is 124 Å². The molecule has 3 rings (SSSR count). The standard InChI is InChI=1S/C16H20N2O3/c1-11-4-7-14-12(9-11)3-2-8-17(14)16(21)18(10-15(19)20)13-5-6-13/h4,7,9,13H,2-3,5-6,8,10H2,1H3,(H,19,20). The summed E-state index contributed by atoms with van der Waals surface area (Å²) in [5, 5.41) is 9.03. The predicted octanol–water partition coefficient (Wildman–Crippen LogP) is 2.42. The fourth-order valence-corrected chi connectivity index (χ4v) is 2.96. The van der Waals surface area contributed by atoms with Gasteiger partial charge in [-0.25, -0.2) is 4.79 Å². The first kappa shape index (κ1) is 13.9. The third-order valence-corrected chi connectivity index (χ3v) is 4.12. The minimum Gasteiger partial charge on any atom is -0.480 e. The number of benzene rings is 1. The smallest absolute Gasteiger partial charge is 0.325 e. The first-order chi connectivity index (χ1) is 10.1. The van der Waals surface area contributed by atoms with Crippen LogP contribution < -0.4 is 4.90 Å². The van der Waals surface area contributed by atoms with Crippen molar-refractivity contribution in [2.75, 3.05) is 18.0 Å². The van der Waals surface area contributed by atoms with Crippen LogP contribution in [0.2, 0.25) is 0 Å². The van der Waals surface area contributed by atoms with E-state index in [1.54, 1.807) is 4.90 Å². The number of hydrogen-bond donors (Lipinski definition) is 1. The average molecular weight is 288 g/mol. The molecule has 0 bridgehead atoms. The molecule has 0 radical (unpaired) electrons. The highest BCUT2D eigenvalue weighted by atomic mass is 16.4. The fraction of sp³-hybridized carbons (Fsp3) is 0.500. The van der Waals surface area contributed by atoms with E-state index in [0.717, 1.165) is 31.4 Å². The Hall–Kier alpha value is -2.04. The number of carbonyl (C=O) groups is 2. The second kappa shape index (κ2) is 5.39. The van der Waals surface area contributed by atoms with E-state index >= 15 is 0 Å². The molecule has 0 spiro atoms. The van der Waals surface area contributed by atoms with E-state index in [-0.39, 0.29) is 18.6 Å². The maximum atomic E-state index is 12.8. The van der Waals surface area contributed by atoms with Gasteiger partial charge in [0.1, 0.15) is 6.54 Å². The van der Waals surface area contributed by atoms with Gasteiger partial charge >= 0.3 is 12.0 Å². The number of anilines is 1. The molecular weight excluding hydrogens is 268 g/mol. The zero-order valence-corrected chi connectivity index (χ0v) is 12.2. The molecule has 5 nitrogen and oxygen atoms in total. The summed E-state index contributed by atoms with van der Waals surface area (Å²) in [5.74, 6) is -0.948. The maximum absolute atomic E-state index is 12.8. The van der Waals surface area contributed by atoms with Crippen LogP contribution in [0.1, 0.15) is 30.4 Å². The molecule has 0 saturated heterocycles. The van der Waals surface area contributed by atoms with Crippen LogP contribution in [-0.2, 0) is 11.2 Å². The van der Waals surface area contributed by atoms with E-state index in [9.17, 15) is 9.59 Å². The predicted molar refractivity (Wildman–Crippen MR) is 79.6 cm³/mol. The summed E-state index contributed by atoms with van der Waals surface area (Å²) in [5.41, 5.74) is 3.31. The molecule has 21 heavy (non-hydrogen) atoms. The molecule has 1 heterocycles. The van der Waals surface area contributed by atoms with Gasteiger partial charge in [0.15, 0.2) is 0 Å². The lowest BCUT2D eigenvalue weighted by atomic mass is 10.00. The molecule has 112 valence electrons. The minimum absolute atomic E-state index is 0.101. The molecular formula is C16H20N2O3. The van der Waals surface area contributed by atoms with E-state index in [1.807, 2.05) is 19.1 Å². The summed E-state index contributed by atoms with van der Waals surface area (Å²) in [6.07, 6.45) is 3.72. The summed E-state index contributed by atoms with van der Waals surface area (Å²) < 4.78 is 0. The number of fused-ring (bicyclic) bond motifs is 1. The molecule has 5 heteroatoms. The topological polar surface area (TPSA) is 60.9 Å². The Morgan fingerprint density at radius 3 is 2.81 bits per heavy atom. The van der Waals surface area contributed by atoms with Gasteiger partial charge in [0.25, 0.3) is 0 Å². The van der Waals surface area contributed by atoms with Crippen molar-refractivity contribution in [3.8, 4) is 0 Å². The first-order valence-corrected chi connectivity index (χ1v) is 7.45. The van der Waals surface area contributed by atoms with E-state index < -0.39 is 5.97 Å². The zero-order valence-electron chi connectivity index (χ0n) is 12.2. The van der Waals surface area contributed by atoms with E-state index in [2.05, 4.69) is 6.07 Å². The lowest BCUT2D eigenvalue weighted by Crippen LogP contribution is -2.48. The van der Waals surface area contributed by atoms with Gasteiger partial charge in [0.05, 0.1) is 0 Å². The summed E-state index contributed by atoms with van der Waals surface area (Å²) in [6.45, 7) is 2.50. The molecule has 2 aliphatic rings. The van der Waals surface area contributed by atoms with Crippen molar-refractivity contribution < 1.29 is 14.7 Å². The molecule has 0 unspecified atom stereocenters. The number of aryl methyl sites for hydroxylation is 2. The molecule has 1 fully saturated rings. The molecule has 1 aliphatic carbocycles. The Kier molecular flexibility index (Phi) is 3.57. The summed E-state index contributed by atoms with van der Waals surface area (Å²) in [7, 11) is 0. The van der Waals surface area contributed by atoms with Gasteiger partial charge in [-0.05, 0) is 44.2 Å². The number of carboxylic acid groups (broad SMARTS) is 1. The van der Waals surface area contributed by atoms with Gasteiger partial charge in [-0.15, -0.1) is 0 Å². The Bertz CT molecular complexity index is 581. The number of aliphatic carboxylic acids is 1. The molecule has 0 aromatic heterocycles. The van der Waals surface area contributed by atoms with Gasteiger partial charge in [0.2, 0.25) is 0 Å². The number of hydrogen-bond acceptors (Lipinski definition) is 2. The van der Waals surface area contributed by atoms with Crippen LogP contribution in [0.4, 0.5) is 10.5 Å². The Balaban J connectivity index is 1.86. The third kappa shape index (κ3) is 2.86. The van der Waals surface area contributed by atoms with Crippen molar-refractivity contribution in [1.82, 2.24) is 4.90 Å². The van der Waals surface area contributed by atoms with E-state index in [4.69, 9.17) is 5.11 Å². The van der Waals surface area contributed by atoms with Crippen molar-refractivity contribution >= 4 is 17.7 Å². The van der Waals surface area contributed by atoms with Crippen molar-refractivity contribution in [2.45, 2.75) is 38.6 Å². The summed E-state index contributed by atoms with van der Waals surface area (Å²) >= 11 is 0. The number of urea groups is 1. The molecule has 0 atom stereocenters. The number of nitrogens with zero attached hydrogens (tertiary/aromatic N) is 2. The number of carboxylic acids is 1. The highest BCUT2D eigenvalue weighted by molar-refractivity contribution is 5.95. The number of carbonyl (C=O) groups excluding carboxylic acids is 1. The molecule has 1 saturated carbocycles. The Morgan fingerprint density at radius 2 is 2.14 bits per heavy atom. The van der Waals surface area contributed by atoms with E-state index in [0.29, 0.717) is 6.54 Å². The monoisotopic (exact) mass is 288 g/mol. The molecule has 1 N–H and O–H groups in total. The van der Waals surface area contributed by atoms with Crippen LogP contribution in [0.25, 0.3) is 0 Å². The first-order valence-electron chi connectivity index (χ1n) is 7.45. The summed E-state index contributed by atoms with van der Waals surface area (Å²) in [4.78, 5) is 27.0. The van der Waals surface area contributed by atoms with Crippen LogP contribution in [0.3, 0.4) is 0 Å². The highest BCUT2D eigenvalue weighted by Crippen LogP contribution is 2.32. The van der Waals surface area contributed by atoms with Gasteiger partial charge in [0, 0.05) is 18.3 Å².